The van der Waals surface area contributed by atoms with Gasteiger partial charge in [0.1, 0.15) is 5.82 Å². The molecule has 1 aromatic carbocycles. The van der Waals surface area contributed by atoms with E-state index in [1.54, 1.807) is 17.0 Å². The fraction of sp³-hybridized carbons (Fsp3) is 0.368. The summed E-state index contributed by atoms with van der Waals surface area (Å²) in [5.74, 6) is 0.823. The summed E-state index contributed by atoms with van der Waals surface area (Å²) in [4.78, 5) is 15.1. The lowest BCUT2D eigenvalue weighted by atomic mass is 10.0. The molecule has 0 aliphatic carbocycles. The van der Waals surface area contributed by atoms with Gasteiger partial charge in [0.05, 0.1) is 11.4 Å². The van der Waals surface area contributed by atoms with Crippen molar-refractivity contribution >= 4 is 0 Å². The molecule has 3 aromatic rings. The molecular weight excluding hydrogens is 314 g/mol. The van der Waals surface area contributed by atoms with E-state index in [4.69, 9.17) is 5.10 Å². The molecule has 1 aliphatic rings. The quantitative estimate of drug-likeness (QED) is 0.755. The van der Waals surface area contributed by atoms with Crippen LogP contribution in [0.2, 0.25) is 0 Å². The van der Waals surface area contributed by atoms with Crippen LogP contribution >= 0.6 is 0 Å². The third-order valence-electron chi connectivity index (χ3n) is 5.25. The van der Waals surface area contributed by atoms with Gasteiger partial charge in [0.25, 0.3) is 0 Å². The van der Waals surface area contributed by atoms with Gasteiger partial charge in [0.2, 0.25) is 0 Å². The topological polar surface area (TPSA) is 67.6 Å². The minimum absolute atomic E-state index is 0.151. The SMILES string of the molecule is Cc1cc(-n2nc3c(c2-n2cc[nH]c2=O)[C@H](C)NCC3)cc(C)c1C. The van der Waals surface area contributed by atoms with Gasteiger partial charge in [-0.15, -0.1) is 0 Å². The average molecular weight is 337 g/mol. The largest absolute Gasteiger partial charge is 0.331 e. The Bertz CT molecular complexity index is 984. The van der Waals surface area contributed by atoms with E-state index in [1.165, 1.54) is 16.7 Å². The van der Waals surface area contributed by atoms with Crippen LogP contribution in [0.25, 0.3) is 11.5 Å². The molecule has 4 rings (SSSR count). The van der Waals surface area contributed by atoms with Gasteiger partial charge < -0.3 is 10.3 Å². The number of aryl methyl sites for hydroxylation is 2. The first-order valence-corrected chi connectivity index (χ1v) is 8.67. The summed E-state index contributed by atoms with van der Waals surface area (Å²) >= 11 is 0. The minimum Gasteiger partial charge on any atom is -0.312 e. The fourth-order valence-electron chi connectivity index (χ4n) is 3.64. The van der Waals surface area contributed by atoms with E-state index < -0.39 is 0 Å². The number of benzene rings is 1. The van der Waals surface area contributed by atoms with E-state index in [0.717, 1.165) is 35.7 Å². The summed E-state index contributed by atoms with van der Waals surface area (Å²) in [6.07, 6.45) is 4.30. The molecule has 1 aliphatic heterocycles. The number of aromatic amines is 1. The highest BCUT2D eigenvalue weighted by molar-refractivity contribution is 5.51. The van der Waals surface area contributed by atoms with Crippen LogP contribution in [0.1, 0.15) is 40.9 Å². The van der Waals surface area contributed by atoms with Gasteiger partial charge in [-0.25, -0.2) is 9.48 Å². The van der Waals surface area contributed by atoms with Crippen LogP contribution in [-0.4, -0.2) is 25.9 Å². The molecule has 130 valence electrons. The Hall–Kier alpha value is -2.60. The summed E-state index contributed by atoms with van der Waals surface area (Å²) in [6, 6.07) is 4.43. The predicted molar refractivity (Wildman–Crippen MR) is 97.8 cm³/mol. The number of nitrogens with one attached hydrogen (secondary N) is 2. The monoisotopic (exact) mass is 337 g/mol. The van der Waals surface area contributed by atoms with Crippen molar-refractivity contribution in [1.82, 2.24) is 24.6 Å². The summed E-state index contributed by atoms with van der Waals surface area (Å²) < 4.78 is 3.57. The molecule has 0 saturated carbocycles. The summed E-state index contributed by atoms with van der Waals surface area (Å²) in [5.41, 5.74) is 6.74. The highest BCUT2D eigenvalue weighted by atomic mass is 16.1. The molecule has 0 fully saturated rings. The van der Waals surface area contributed by atoms with Crippen molar-refractivity contribution in [2.75, 3.05) is 6.54 Å². The van der Waals surface area contributed by atoms with E-state index in [-0.39, 0.29) is 11.7 Å². The lowest BCUT2D eigenvalue weighted by Crippen LogP contribution is -2.29. The first kappa shape index (κ1) is 15.9. The summed E-state index contributed by atoms with van der Waals surface area (Å²) in [5, 5.41) is 8.36. The van der Waals surface area contributed by atoms with Gasteiger partial charge in [-0.3, -0.25) is 4.57 Å². The molecule has 2 aromatic heterocycles. The second-order valence-electron chi connectivity index (χ2n) is 6.86. The average Bonchev–Trinajstić information content (AvgIpc) is 3.16. The maximum atomic E-state index is 12.3. The van der Waals surface area contributed by atoms with Crippen molar-refractivity contribution in [2.24, 2.45) is 0 Å². The Morgan fingerprint density at radius 3 is 2.56 bits per heavy atom. The Labute approximate surface area is 146 Å². The van der Waals surface area contributed by atoms with Crippen molar-refractivity contribution in [1.29, 1.82) is 0 Å². The van der Waals surface area contributed by atoms with Gasteiger partial charge in [0, 0.05) is 37.0 Å². The molecule has 25 heavy (non-hydrogen) atoms. The molecule has 3 heterocycles. The summed E-state index contributed by atoms with van der Waals surface area (Å²) in [7, 11) is 0. The second kappa shape index (κ2) is 5.74. The van der Waals surface area contributed by atoms with Crippen molar-refractivity contribution in [2.45, 2.75) is 40.2 Å². The lowest BCUT2D eigenvalue weighted by Gasteiger charge is -2.21. The zero-order valence-corrected chi connectivity index (χ0v) is 15.1. The number of fused-ring (bicyclic) bond motifs is 1. The smallest absolute Gasteiger partial charge is 0.312 e. The van der Waals surface area contributed by atoms with E-state index in [0.29, 0.717) is 0 Å². The number of hydrogen-bond acceptors (Lipinski definition) is 3. The molecule has 0 bridgehead atoms. The van der Waals surface area contributed by atoms with Gasteiger partial charge in [-0.2, -0.15) is 5.10 Å². The Morgan fingerprint density at radius 1 is 1.20 bits per heavy atom. The van der Waals surface area contributed by atoms with Crippen LogP contribution in [0.15, 0.2) is 29.3 Å². The Morgan fingerprint density at radius 2 is 1.92 bits per heavy atom. The van der Waals surface area contributed by atoms with Crippen molar-refractivity contribution < 1.29 is 0 Å². The maximum absolute atomic E-state index is 12.3. The molecule has 0 amide bonds. The highest BCUT2D eigenvalue weighted by Crippen LogP contribution is 2.31. The number of imidazole rings is 1. The maximum Gasteiger partial charge on any atom is 0.331 e. The minimum atomic E-state index is -0.151. The third-order valence-corrected chi connectivity index (χ3v) is 5.25. The number of nitrogens with zero attached hydrogens (tertiary/aromatic N) is 3. The Balaban J connectivity index is 2.04. The van der Waals surface area contributed by atoms with Gasteiger partial charge >= 0.3 is 5.69 Å². The molecule has 0 spiro atoms. The summed E-state index contributed by atoms with van der Waals surface area (Å²) in [6.45, 7) is 9.38. The first-order valence-electron chi connectivity index (χ1n) is 8.67. The first-order chi connectivity index (χ1) is 12.0. The second-order valence-corrected chi connectivity index (χ2v) is 6.86. The molecule has 0 unspecified atom stereocenters. The van der Waals surface area contributed by atoms with Crippen LogP contribution in [0.3, 0.4) is 0 Å². The zero-order valence-electron chi connectivity index (χ0n) is 15.1. The molecule has 6 nitrogen and oxygen atoms in total. The van der Waals surface area contributed by atoms with Crippen molar-refractivity contribution in [3.63, 3.8) is 0 Å². The van der Waals surface area contributed by atoms with E-state index in [2.05, 4.69) is 50.1 Å². The zero-order chi connectivity index (χ0) is 17.7. The molecule has 1 atom stereocenters. The van der Waals surface area contributed by atoms with Crippen LogP contribution in [0, 0.1) is 20.8 Å². The van der Waals surface area contributed by atoms with E-state index in [9.17, 15) is 4.79 Å². The van der Waals surface area contributed by atoms with E-state index in [1.807, 2.05) is 4.68 Å². The number of H-pyrrole nitrogens is 1. The standard InChI is InChI=1S/C19H23N5O/c1-11-9-15(10-12(2)13(11)3)24-18(23-8-7-21-19(23)25)17-14(4)20-6-5-16(17)22-24/h7-10,14,20H,5-6H2,1-4H3,(H,21,25)/t14-/m0/s1. The number of aromatic nitrogens is 4. The molecule has 0 saturated heterocycles. The van der Waals surface area contributed by atoms with Gasteiger partial charge in [0.15, 0.2) is 0 Å². The van der Waals surface area contributed by atoms with E-state index >= 15 is 0 Å². The van der Waals surface area contributed by atoms with Crippen LogP contribution in [0.4, 0.5) is 0 Å². The van der Waals surface area contributed by atoms with Crippen LogP contribution in [-0.2, 0) is 6.42 Å². The number of rotatable bonds is 2. The lowest BCUT2D eigenvalue weighted by molar-refractivity contribution is 0.536. The van der Waals surface area contributed by atoms with Crippen LogP contribution < -0.4 is 11.0 Å². The van der Waals surface area contributed by atoms with Crippen molar-refractivity contribution in [3.8, 4) is 11.5 Å². The van der Waals surface area contributed by atoms with Crippen LogP contribution in [0.5, 0.6) is 0 Å². The van der Waals surface area contributed by atoms with Crippen molar-refractivity contribution in [3.05, 3.63) is 63.0 Å². The molecule has 2 N–H and O–H groups in total. The molecule has 6 heteroatoms. The fourth-order valence-corrected chi connectivity index (χ4v) is 3.64. The predicted octanol–water partition coefficient (Wildman–Crippen LogP) is 2.48. The third kappa shape index (κ3) is 2.44. The molecule has 0 radical (unpaired) electrons. The Kier molecular flexibility index (Phi) is 3.65. The number of hydrogen-bond donors (Lipinski definition) is 2. The molecular formula is C19H23N5O. The highest BCUT2D eigenvalue weighted by Gasteiger charge is 2.28. The van der Waals surface area contributed by atoms with Gasteiger partial charge in [-0.1, -0.05) is 0 Å². The van der Waals surface area contributed by atoms with Gasteiger partial charge in [-0.05, 0) is 56.5 Å². The normalized spacial score (nSPS) is 16.9.